The number of nitrogens with one attached hydrogen (secondary N) is 2. The van der Waals surface area contributed by atoms with Gasteiger partial charge in [0.2, 0.25) is 5.91 Å². The number of carbonyl (C=O) groups excluding carboxylic acids is 2. The molecule has 2 aromatic carbocycles. The largest absolute Gasteiger partial charge is 0.486 e. The molecule has 1 aliphatic rings. The van der Waals surface area contributed by atoms with Crippen LogP contribution in [0.25, 0.3) is 0 Å². The first kappa shape index (κ1) is 17.8. The number of rotatable bonds is 6. The predicted octanol–water partition coefficient (Wildman–Crippen LogP) is 2.78. The summed E-state index contributed by atoms with van der Waals surface area (Å²) in [5.41, 5.74) is 2.08. The minimum Gasteiger partial charge on any atom is -0.486 e. The molecule has 0 aromatic heterocycles. The van der Waals surface area contributed by atoms with Crippen LogP contribution in [0.4, 0.5) is 5.69 Å². The van der Waals surface area contributed by atoms with Crippen molar-refractivity contribution in [3.8, 4) is 11.5 Å². The zero-order valence-corrected chi connectivity index (χ0v) is 14.7. The molecule has 2 N–H and O–H groups in total. The van der Waals surface area contributed by atoms with Gasteiger partial charge in [0.25, 0.3) is 5.91 Å². The molecule has 0 aliphatic carbocycles. The molecule has 3 rings (SSSR count). The van der Waals surface area contributed by atoms with Crippen LogP contribution < -0.4 is 20.1 Å². The van der Waals surface area contributed by atoms with Crippen molar-refractivity contribution in [3.63, 3.8) is 0 Å². The van der Waals surface area contributed by atoms with Crippen LogP contribution in [0.2, 0.25) is 0 Å². The monoisotopic (exact) mass is 354 g/mol. The van der Waals surface area contributed by atoms with E-state index in [1.54, 1.807) is 31.3 Å². The van der Waals surface area contributed by atoms with Crippen molar-refractivity contribution in [2.45, 2.75) is 19.3 Å². The van der Waals surface area contributed by atoms with Crippen molar-refractivity contribution < 1.29 is 19.1 Å². The van der Waals surface area contributed by atoms with Gasteiger partial charge < -0.3 is 20.1 Å². The van der Waals surface area contributed by atoms with Gasteiger partial charge in [0.1, 0.15) is 13.2 Å². The molecular weight excluding hydrogens is 332 g/mol. The Hall–Kier alpha value is -3.02. The summed E-state index contributed by atoms with van der Waals surface area (Å²) >= 11 is 0. The number of fused-ring (bicyclic) bond motifs is 1. The molecule has 0 atom stereocenters. The lowest BCUT2D eigenvalue weighted by atomic mass is 10.1. The van der Waals surface area contributed by atoms with Gasteiger partial charge in [-0.2, -0.15) is 0 Å². The lowest BCUT2D eigenvalue weighted by Crippen LogP contribution is -2.21. The van der Waals surface area contributed by atoms with E-state index in [0.717, 1.165) is 23.5 Å². The first-order chi connectivity index (χ1) is 12.7. The van der Waals surface area contributed by atoms with Gasteiger partial charge in [0.15, 0.2) is 11.5 Å². The molecule has 26 heavy (non-hydrogen) atoms. The van der Waals surface area contributed by atoms with E-state index in [9.17, 15) is 9.59 Å². The molecule has 2 aromatic rings. The van der Waals surface area contributed by atoms with Crippen LogP contribution in [0.15, 0.2) is 42.5 Å². The molecule has 6 heteroatoms. The van der Waals surface area contributed by atoms with Gasteiger partial charge in [-0.3, -0.25) is 9.59 Å². The Morgan fingerprint density at radius 2 is 1.81 bits per heavy atom. The summed E-state index contributed by atoms with van der Waals surface area (Å²) in [7, 11) is 1.56. The first-order valence-corrected chi connectivity index (χ1v) is 8.67. The Bertz CT molecular complexity index is 804. The van der Waals surface area contributed by atoms with Crippen LogP contribution in [0.1, 0.15) is 28.8 Å². The molecule has 0 unspecified atom stereocenters. The highest BCUT2D eigenvalue weighted by Crippen LogP contribution is 2.31. The maximum Gasteiger partial charge on any atom is 0.253 e. The van der Waals surface area contributed by atoms with Crippen molar-refractivity contribution in [1.29, 1.82) is 0 Å². The molecule has 0 saturated heterocycles. The number of hydrogen-bond acceptors (Lipinski definition) is 4. The Balaban J connectivity index is 1.53. The first-order valence-electron chi connectivity index (χ1n) is 8.67. The van der Waals surface area contributed by atoms with Gasteiger partial charge >= 0.3 is 0 Å². The summed E-state index contributed by atoms with van der Waals surface area (Å²) in [6, 6.07) is 12.8. The quantitative estimate of drug-likeness (QED) is 0.836. The van der Waals surface area contributed by atoms with Crippen LogP contribution in [-0.4, -0.2) is 32.1 Å². The lowest BCUT2D eigenvalue weighted by molar-refractivity contribution is -0.116. The van der Waals surface area contributed by atoms with E-state index in [4.69, 9.17) is 9.47 Å². The fourth-order valence-electron chi connectivity index (χ4n) is 2.83. The minimum absolute atomic E-state index is 0.112. The topological polar surface area (TPSA) is 76.7 Å². The molecule has 0 bridgehead atoms. The average molecular weight is 354 g/mol. The highest BCUT2D eigenvalue weighted by Gasteiger charge is 2.13. The van der Waals surface area contributed by atoms with E-state index in [2.05, 4.69) is 10.6 Å². The van der Waals surface area contributed by atoms with Gasteiger partial charge in [-0.25, -0.2) is 0 Å². The van der Waals surface area contributed by atoms with Crippen LogP contribution in [0.3, 0.4) is 0 Å². The highest BCUT2D eigenvalue weighted by atomic mass is 16.6. The molecule has 0 saturated carbocycles. The van der Waals surface area contributed by atoms with Gasteiger partial charge in [-0.1, -0.05) is 18.2 Å². The Morgan fingerprint density at radius 3 is 2.62 bits per heavy atom. The summed E-state index contributed by atoms with van der Waals surface area (Å²) in [6.07, 6.45) is 1.84. The highest BCUT2D eigenvalue weighted by molar-refractivity contribution is 6.03. The van der Waals surface area contributed by atoms with E-state index in [-0.39, 0.29) is 11.8 Å². The summed E-state index contributed by atoms with van der Waals surface area (Å²) in [5.74, 6) is 1.19. The number of benzene rings is 2. The summed E-state index contributed by atoms with van der Waals surface area (Å²) in [5, 5.41) is 5.39. The zero-order valence-electron chi connectivity index (χ0n) is 14.7. The maximum atomic E-state index is 12.2. The fraction of sp³-hybridized carbons (Fsp3) is 0.300. The normalized spacial score (nSPS) is 12.3. The third kappa shape index (κ3) is 4.33. The number of amides is 2. The van der Waals surface area contributed by atoms with Crippen molar-refractivity contribution in [2.75, 3.05) is 25.6 Å². The van der Waals surface area contributed by atoms with Crippen LogP contribution in [-0.2, 0) is 11.2 Å². The number of para-hydroxylation sites is 1. The minimum atomic E-state index is -0.225. The van der Waals surface area contributed by atoms with Gasteiger partial charge in [-0.05, 0) is 42.7 Å². The predicted molar refractivity (Wildman–Crippen MR) is 98.8 cm³/mol. The second-order valence-electron chi connectivity index (χ2n) is 6.00. The third-order valence-electron chi connectivity index (χ3n) is 4.15. The summed E-state index contributed by atoms with van der Waals surface area (Å²) in [6.45, 7) is 1.13. The van der Waals surface area contributed by atoms with Crippen LogP contribution in [0.5, 0.6) is 11.5 Å². The van der Waals surface area contributed by atoms with E-state index < -0.39 is 0 Å². The third-order valence-corrected chi connectivity index (χ3v) is 4.15. The number of anilines is 1. The molecule has 1 aliphatic heterocycles. The standard InChI is InChI=1S/C20H22N2O4/c1-21-20(24)15-6-2-3-7-16(15)22-19(23)8-4-5-14-9-10-17-18(13-14)26-12-11-25-17/h2-3,6-7,9-10,13H,4-5,8,11-12H2,1H3,(H,21,24)(H,22,23). The summed E-state index contributed by atoms with van der Waals surface area (Å²) in [4.78, 5) is 24.1. The Kier molecular flexibility index (Phi) is 5.73. The molecule has 0 radical (unpaired) electrons. The number of ether oxygens (including phenoxy) is 2. The van der Waals surface area contributed by atoms with Crippen LogP contribution in [0, 0.1) is 0 Å². The van der Waals surface area contributed by atoms with Crippen molar-refractivity contribution in [1.82, 2.24) is 5.32 Å². The summed E-state index contributed by atoms with van der Waals surface area (Å²) < 4.78 is 11.1. The molecule has 2 amide bonds. The smallest absolute Gasteiger partial charge is 0.253 e. The second-order valence-corrected chi connectivity index (χ2v) is 6.00. The average Bonchev–Trinajstić information content (AvgIpc) is 2.67. The molecule has 6 nitrogen and oxygen atoms in total. The van der Waals surface area contributed by atoms with Crippen LogP contribution >= 0.6 is 0 Å². The Labute approximate surface area is 152 Å². The van der Waals surface area contributed by atoms with E-state index >= 15 is 0 Å². The number of aryl methyl sites for hydroxylation is 1. The maximum absolute atomic E-state index is 12.2. The van der Waals surface area contributed by atoms with Gasteiger partial charge in [0.05, 0.1) is 11.3 Å². The molecule has 136 valence electrons. The van der Waals surface area contributed by atoms with Crippen molar-refractivity contribution in [2.24, 2.45) is 0 Å². The Morgan fingerprint density at radius 1 is 1.04 bits per heavy atom. The van der Waals surface area contributed by atoms with Gasteiger partial charge in [0, 0.05) is 13.5 Å². The molecular formula is C20H22N2O4. The second kappa shape index (κ2) is 8.38. The SMILES string of the molecule is CNC(=O)c1ccccc1NC(=O)CCCc1ccc2c(c1)OCCO2. The van der Waals surface area contributed by atoms with Gasteiger partial charge in [-0.15, -0.1) is 0 Å². The fourth-order valence-corrected chi connectivity index (χ4v) is 2.83. The number of carbonyl (C=O) groups is 2. The van der Waals surface area contributed by atoms with E-state index in [1.165, 1.54) is 0 Å². The lowest BCUT2D eigenvalue weighted by Gasteiger charge is -2.18. The zero-order chi connectivity index (χ0) is 18.4. The van der Waals surface area contributed by atoms with Crippen molar-refractivity contribution >= 4 is 17.5 Å². The molecule has 0 spiro atoms. The molecule has 0 fully saturated rings. The van der Waals surface area contributed by atoms with E-state index in [0.29, 0.717) is 37.3 Å². The number of hydrogen-bond donors (Lipinski definition) is 2. The molecule has 1 heterocycles. The van der Waals surface area contributed by atoms with Crippen molar-refractivity contribution in [3.05, 3.63) is 53.6 Å². The van der Waals surface area contributed by atoms with E-state index in [1.807, 2.05) is 18.2 Å².